The van der Waals surface area contributed by atoms with Crippen LogP contribution < -0.4 is 10.5 Å². The molecule has 0 bridgehead atoms. The summed E-state index contributed by atoms with van der Waals surface area (Å²) < 4.78 is 5.77. The smallest absolute Gasteiger partial charge is 0.259 e. The summed E-state index contributed by atoms with van der Waals surface area (Å²) in [5.74, 6) is 0.391. The maximum atomic E-state index is 11.8. The van der Waals surface area contributed by atoms with Crippen molar-refractivity contribution in [2.45, 2.75) is 6.42 Å². The minimum Gasteiger partial charge on any atom is -0.494 e. The van der Waals surface area contributed by atoms with Crippen LogP contribution in [0.3, 0.4) is 0 Å². The number of hydrogen-bond acceptors (Lipinski definition) is 5. The van der Waals surface area contributed by atoms with E-state index in [9.17, 15) is 4.79 Å². The molecule has 0 saturated carbocycles. The molecule has 0 saturated heterocycles. The topological polar surface area (TPSA) is 68.5 Å². The Morgan fingerprint density at radius 3 is 2.68 bits per heavy atom. The van der Waals surface area contributed by atoms with Crippen molar-refractivity contribution in [1.82, 2.24) is 9.88 Å². The summed E-state index contributed by atoms with van der Waals surface area (Å²) in [6.07, 6.45) is 2.69. The summed E-state index contributed by atoms with van der Waals surface area (Å²) in [5, 5.41) is 0.945. The van der Waals surface area contributed by atoms with Crippen molar-refractivity contribution in [2.75, 3.05) is 27.2 Å². The number of ether oxygens (including phenoxy) is 1. The number of hydrogen-bond donors (Lipinski definition) is 1. The number of pyridine rings is 1. The molecule has 2 aromatic heterocycles. The zero-order valence-electron chi connectivity index (χ0n) is 14.4. The van der Waals surface area contributed by atoms with Gasteiger partial charge >= 0.3 is 0 Å². The number of rotatable bonds is 7. The van der Waals surface area contributed by atoms with Crippen molar-refractivity contribution in [2.24, 2.45) is 5.73 Å². The number of amides is 1. The number of primary amides is 1. The van der Waals surface area contributed by atoms with Crippen LogP contribution in [-0.2, 0) is 0 Å². The first-order chi connectivity index (χ1) is 12.1. The normalized spacial score (nSPS) is 11.2. The van der Waals surface area contributed by atoms with Crippen molar-refractivity contribution >= 4 is 27.5 Å². The predicted molar refractivity (Wildman–Crippen MR) is 102 cm³/mol. The lowest BCUT2D eigenvalue weighted by molar-refractivity contribution is 0.100. The second-order valence-electron chi connectivity index (χ2n) is 6.06. The fourth-order valence-electron chi connectivity index (χ4n) is 2.68. The molecular formula is C19H21N3O2S. The molecule has 6 heteroatoms. The average molecular weight is 355 g/mol. The monoisotopic (exact) mass is 355 g/mol. The molecule has 2 N–H and O–H groups in total. The Morgan fingerprint density at radius 2 is 2.00 bits per heavy atom. The first kappa shape index (κ1) is 17.4. The second kappa shape index (κ2) is 7.63. The number of carbonyl (C=O) groups is 1. The number of nitrogens with two attached hydrogens (primary N) is 1. The van der Waals surface area contributed by atoms with Gasteiger partial charge in [0, 0.05) is 23.7 Å². The lowest BCUT2D eigenvalue weighted by atomic mass is 10.0. The van der Waals surface area contributed by atoms with Gasteiger partial charge in [-0.1, -0.05) is 12.1 Å². The number of nitrogens with zero attached hydrogens (tertiary/aromatic N) is 2. The largest absolute Gasteiger partial charge is 0.494 e. The minimum absolute atomic E-state index is 0.429. The summed E-state index contributed by atoms with van der Waals surface area (Å²) in [5.41, 5.74) is 7.35. The van der Waals surface area contributed by atoms with Crippen LogP contribution in [0, 0.1) is 0 Å². The summed E-state index contributed by atoms with van der Waals surface area (Å²) in [6, 6.07) is 11.6. The molecule has 0 atom stereocenters. The molecule has 3 rings (SSSR count). The van der Waals surface area contributed by atoms with E-state index < -0.39 is 5.91 Å². The first-order valence-electron chi connectivity index (χ1n) is 8.11. The molecular weight excluding hydrogens is 334 g/mol. The minimum atomic E-state index is -0.429. The van der Waals surface area contributed by atoms with E-state index in [1.165, 1.54) is 11.3 Å². The van der Waals surface area contributed by atoms with Crippen LogP contribution in [0.4, 0.5) is 0 Å². The van der Waals surface area contributed by atoms with Gasteiger partial charge in [-0.2, -0.15) is 0 Å². The highest BCUT2D eigenvalue weighted by atomic mass is 32.1. The molecule has 0 spiro atoms. The predicted octanol–water partition coefficient (Wildman–Crippen LogP) is 3.39. The average Bonchev–Trinajstić information content (AvgIpc) is 2.99. The van der Waals surface area contributed by atoms with Crippen LogP contribution in [0.1, 0.15) is 16.1 Å². The van der Waals surface area contributed by atoms with Gasteiger partial charge in [-0.25, -0.2) is 4.98 Å². The molecule has 0 radical (unpaired) electrons. The molecule has 0 aliphatic heterocycles. The van der Waals surface area contributed by atoms with E-state index in [2.05, 4.69) is 9.88 Å². The van der Waals surface area contributed by atoms with Crippen molar-refractivity contribution in [1.29, 1.82) is 0 Å². The quantitative estimate of drug-likeness (QED) is 0.660. The molecule has 2 heterocycles. The van der Waals surface area contributed by atoms with E-state index in [1.54, 1.807) is 6.20 Å². The van der Waals surface area contributed by atoms with E-state index in [0.717, 1.165) is 40.1 Å². The lowest BCUT2D eigenvalue weighted by Crippen LogP contribution is -2.15. The fourth-order valence-corrected chi connectivity index (χ4v) is 3.70. The van der Waals surface area contributed by atoms with Crippen LogP contribution in [0.2, 0.25) is 0 Å². The maximum absolute atomic E-state index is 11.8. The number of thiophene rings is 1. The number of carbonyl (C=O) groups excluding carboxylic acids is 1. The van der Waals surface area contributed by atoms with Crippen molar-refractivity contribution in [3.63, 3.8) is 0 Å². The van der Waals surface area contributed by atoms with Crippen LogP contribution >= 0.6 is 11.3 Å². The molecule has 0 fully saturated rings. The highest BCUT2D eigenvalue weighted by molar-refractivity contribution is 7.21. The zero-order chi connectivity index (χ0) is 17.8. The molecule has 5 nitrogen and oxygen atoms in total. The second-order valence-corrected chi connectivity index (χ2v) is 7.06. The van der Waals surface area contributed by atoms with E-state index in [0.29, 0.717) is 11.5 Å². The Labute approximate surface area is 151 Å². The molecule has 0 unspecified atom stereocenters. The third-order valence-corrected chi connectivity index (χ3v) is 4.98. The van der Waals surface area contributed by atoms with E-state index in [4.69, 9.17) is 10.5 Å². The van der Waals surface area contributed by atoms with Crippen LogP contribution in [0.25, 0.3) is 21.3 Å². The van der Waals surface area contributed by atoms with Gasteiger partial charge in [-0.3, -0.25) is 4.79 Å². The number of aromatic nitrogens is 1. The highest BCUT2D eigenvalue weighted by Gasteiger charge is 2.18. The molecule has 130 valence electrons. The van der Waals surface area contributed by atoms with Gasteiger partial charge in [-0.15, -0.1) is 11.3 Å². The first-order valence-corrected chi connectivity index (χ1v) is 8.93. The van der Waals surface area contributed by atoms with Gasteiger partial charge in [-0.05, 0) is 50.3 Å². The molecule has 1 aromatic carbocycles. The van der Waals surface area contributed by atoms with Crippen molar-refractivity contribution < 1.29 is 9.53 Å². The van der Waals surface area contributed by atoms with Gasteiger partial charge in [0.2, 0.25) is 0 Å². The highest BCUT2D eigenvalue weighted by Crippen LogP contribution is 2.38. The molecule has 0 aliphatic rings. The molecule has 3 aromatic rings. The molecule has 1 amide bonds. The van der Waals surface area contributed by atoms with Crippen molar-refractivity contribution in [3.8, 4) is 16.9 Å². The van der Waals surface area contributed by atoms with Gasteiger partial charge in [0.15, 0.2) is 0 Å². The number of benzene rings is 1. The molecule has 25 heavy (non-hydrogen) atoms. The fraction of sp³-hybridized carbons (Fsp3) is 0.263. The summed E-state index contributed by atoms with van der Waals surface area (Å²) in [4.78, 5) is 19.7. The third-order valence-electron chi connectivity index (χ3n) is 3.85. The molecule has 0 aliphatic carbocycles. The van der Waals surface area contributed by atoms with Gasteiger partial charge in [0.1, 0.15) is 15.5 Å². The standard InChI is InChI=1S/C19H21N3O2S/c1-22(2)11-4-12-24-14-8-6-13(7-9-14)16-15-5-3-10-21-19(15)25-17(16)18(20)23/h3,5-10H,4,11-12H2,1-2H3,(H2,20,23). The number of fused-ring (bicyclic) bond motifs is 1. The summed E-state index contributed by atoms with van der Waals surface area (Å²) in [7, 11) is 4.09. The Kier molecular flexibility index (Phi) is 5.31. The van der Waals surface area contributed by atoms with E-state index in [1.807, 2.05) is 50.5 Å². The van der Waals surface area contributed by atoms with Crippen LogP contribution in [0.15, 0.2) is 42.6 Å². The Morgan fingerprint density at radius 1 is 1.24 bits per heavy atom. The van der Waals surface area contributed by atoms with Gasteiger partial charge in [0.05, 0.1) is 6.61 Å². The van der Waals surface area contributed by atoms with Crippen LogP contribution in [-0.4, -0.2) is 43.0 Å². The van der Waals surface area contributed by atoms with Gasteiger partial charge < -0.3 is 15.4 Å². The van der Waals surface area contributed by atoms with Crippen LogP contribution in [0.5, 0.6) is 5.75 Å². The summed E-state index contributed by atoms with van der Waals surface area (Å²) in [6.45, 7) is 1.67. The van der Waals surface area contributed by atoms with E-state index >= 15 is 0 Å². The zero-order valence-corrected chi connectivity index (χ0v) is 15.2. The summed E-state index contributed by atoms with van der Waals surface area (Å²) >= 11 is 1.33. The third kappa shape index (κ3) is 3.97. The maximum Gasteiger partial charge on any atom is 0.259 e. The van der Waals surface area contributed by atoms with E-state index in [-0.39, 0.29) is 0 Å². The Balaban J connectivity index is 1.84. The van der Waals surface area contributed by atoms with Gasteiger partial charge in [0.25, 0.3) is 5.91 Å². The van der Waals surface area contributed by atoms with Crippen molar-refractivity contribution in [3.05, 3.63) is 47.5 Å². The Bertz CT molecular complexity index is 872. The Hall–Kier alpha value is -2.44. The SMILES string of the molecule is CN(C)CCCOc1ccc(-c2c(C(N)=O)sc3ncccc23)cc1. The lowest BCUT2D eigenvalue weighted by Gasteiger charge is -2.11.